The van der Waals surface area contributed by atoms with Gasteiger partial charge in [-0.15, -0.1) is 0 Å². The molecule has 0 bridgehead atoms. The first-order valence-electron chi connectivity index (χ1n) is 23.4. The van der Waals surface area contributed by atoms with Crippen molar-refractivity contribution in [1.29, 1.82) is 0 Å². The lowest BCUT2D eigenvalue weighted by Gasteiger charge is -2.32. The highest BCUT2D eigenvalue weighted by Gasteiger charge is 2.44. The molecule has 2 rings (SSSR count). The zero-order chi connectivity index (χ0) is 39.1. The largest absolute Gasteiger partial charge is 0.462 e. The van der Waals surface area contributed by atoms with Crippen LogP contribution in [-0.4, -0.2) is 85.8 Å². The number of hydrogen-bond donors (Lipinski definition) is 1. The molecular weight excluding hydrogens is 671 g/mol. The number of ether oxygens (including phenoxy) is 2. The summed E-state index contributed by atoms with van der Waals surface area (Å²) in [7, 11) is 2.12. The third-order valence-electron chi connectivity index (χ3n) is 11.9. The van der Waals surface area contributed by atoms with Crippen LogP contribution in [0.5, 0.6) is 0 Å². The van der Waals surface area contributed by atoms with Gasteiger partial charge in [0.25, 0.3) is 0 Å². The third-order valence-corrected chi connectivity index (χ3v) is 11.9. The van der Waals surface area contributed by atoms with Crippen LogP contribution in [0.4, 0.5) is 0 Å². The first-order valence-corrected chi connectivity index (χ1v) is 23.4. The molecule has 54 heavy (non-hydrogen) atoms. The number of amides is 1. The SMILES string of the molecule is CCCCCCCC/C=C\CCCCCCCC(=O)N[C@@H](COC(=O)CN1CCN(C)CC1)[C@@H]1OC(C)(C)C[C@@H]1CCCCCCCCCCCCCC. The number of unbranched alkanes of at least 4 members (excludes halogenated alkanes) is 22. The highest BCUT2D eigenvalue weighted by Crippen LogP contribution is 2.39. The first kappa shape index (κ1) is 48.7. The Morgan fingerprint density at radius 3 is 1.72 bits per heavy atom. The van der Waals surface area contributed by atoms with Crippen LogP contribution in [0.2, 0.25) is 0 Å². The number of hydrogen-bond acceptors (Lipinski definition) is 6. The zero-order valence-corrected chi connectivity index (χ0v) is 36.5. The van der Waals surface area contributed by atoms with E-state index in [4.69, 9.17) is 9.47 Å². The molecule has 2 heterocycles. The fraction of sp³-hybridized carbons (Fsp3) is 0.915. The lowest BCUT2D eigenvalue weighted by Crippen LogP contribution is -2.50. The molecule has 0 aromatic carbocycles. The molecule has 1 N–H and O–H groups in total. The predicted molar refractivity (Wildman–Crippen MR) is 229 cm³/mol. The molecule has 2 aliphatic rings. The molecule has 7 nitrogen and oxygen atoms in total. The van der Waals surface area contributed by atoms with Crippen LogP contribution in [0.25, 0.3) is 0 Å². The predicted octanol–water partition coefficient (Wildman–Crippen LogP) is 11.6. The van der Waals surface area contributed by atoms with Gasteiger partial charge in [0, 0.05) is 32.6 Å². The number of nitrogens with one attached hydrogen (secondary N) is 1. The van der Waals surface area contributed by atoms with Gasteiger partial charge in [0.15, 0.2) is 0 Å². The van der Waals surface area contributed by atoms with Crippen LogP contribution in [0.1, 0.15) is 207 Å². The van der Waals surface area contributed by atoms with Gasteiger partial charge >= 0.3 is 5.97 Å². The molecule has 0 aromatic rings. The van der Waals surface area contributed by atoms with Gasteiger partial charge in [-0.25, -0.2) is 0 Å². The second-order valence-corrected chi connectivity index (χ2v) is 17.8. The fourth-order valence-corrected chi connectivity index (χ4v) is 8.46. The maximum Gasteiger partial charge on any atom is 0.320 e. The Kier molecular flexibility index (Phi) is 28.5. The maximum absolute atomic E-state index is 13.3. The zero-order valence-electron chi connectivity index (χ0n) is 36.5. The van der Waals surface area contributed by atoms with Crippen molar-refractivity contribution in [2.24, 2.45) is 5.92 Å². The number of allylic oxidation sites excluding steroid dienone is 2. The van der Waals surface area contributed by atoms with Crippen molar-refractivity contribution in [2.45, 2.75) is 225 Å². The molecule has 316 valence electrons. The summed E-state index contributed by atoms with van der Waals surface area (Å²) in [6.07, 6.45) is 39.5. The van der Waals surface area contributed by atoms with Crippen LogP contribution >= 0.6 is 0 Å². The second-order valence-electron chi connectivity index (χ2n) is 17.8. The smallest absolute Gasteiger partial charge is 0.320 e. The summed E-state index contributed by atoms with van der Waals surface area (Å²) in [5.74, 6) is 0.209. The average Bonchev–Trinajstić information content (AvgIpc) is 3.46. The summed E-state index contributed by atoms with van der Waals surface area (Å²) in [5.41, 5.74) is -0.247. The number of esters is 1. The van der Waals surface area contributed by atoms with E-state index in [2.05, 4.69) is 62.0 Å². The maximum atomic E-state index is 13.3. The molecule has 2 aliphatic heterocycles. The van der Waals surface area contributed by atoms with Crippen molar-refractivity contribution in [2.75, 3.05) is 46.4 Å². The molecule has 0 aliphatic carbocycles. The quantitative estimate of drug-likeness (QED) is 0.0400. The van der Waals surface area contributed by atoms with E-state index in [-0.39, 0.29) is 36.2 Å². The van der Waals surface area contributed by atoms with Gasteiger partial charge in [0.2, 0.25) is 5.91 Å². The lowest BCUT2D eigenvalue weighted by atomic mass is 9.86. The van der Waals surface area contributed by atoms with E-state index in [0.29, 0.717) is 18.9 Å². The van der Waals surface area contributed by atoms with Gasteiger partial charge in [-0.2, -0.15) is 0 Å². The number of rotatable bonds is 34. The Balaban J connectivity index is 1.76. The van der Waals surface area contributed by atoms with Crippen LogP contribution in [0, 0.1) is 5.92 Å². The minimum absolute atomic E-state index is 0.0603. The molecule has 3 atom stereocenters. The Bertz CT molecular complexity index is 947. The van der Waals surface area contributed by atoms with Gasteiger partial charge in [-0.1, -0.05) is 154 Å². The van der Waals surface area contributed by atoms with Crippen molar-refractivity contribution in [3.05, 3.63) is 12.2 Å². The van der Waals surface area contributed by atoms with E-state index in [0.717, 1.165) is 51.9 Å². The van der Waals surface area contributed by atoms with Crippen LogP contribution in [-0.2, 0) is 19.1 Å². The molecule has 0 saturated carbocycles. The van der Waals surface area contributed by atoms with Crippen molar-refractivity contribution < 1.29 is 19.1 Å². The number of carbonyl (C=O) groups is 2. The second kappa shape index (κ2) is 31.6. The van der Waals surface area contributed by atoms with Crippen LogP contribution < -0.4 is 5.32 Å². The summed E-state index contributed by atoms with van der Waals surface area (Å²) in [4.78, 5) is 30.8. The van der Waals surface area contributed by atoms with E-state index in [1.807, 2.05) is 0 Å². The minimum atomic E-state index is -0.318. The number of piperazine rings is 1. The van der Waals surface area contributed by atoms with Crippen molar-refractivity contribution in [3.63, 3.8) is 0 Å². The standard InChI is InChI=1S/C47H89N3O4/c1-6-8-10-12-14-16-18-20-21-22-24-26-28-30-32-34-44(51)48-43(41-53-45(52)40-50-37-35-49(5)36-38-50)46-42(39-47(3,4)54-46)33-31-29-27-25-23-19-17-15-13-11-9-7-2/h20-21,42-43,46H,6-19,22-41H2,1-5H3,(H,48,51)/b21-20-/t42-,43-,46+/m0/s1. The van der Waals surface area contributed by atoms with Gasteiger partial charge in [-0.05, 0) is 71.8 Å². The van der Waals surface area contributed by atoms with Gasteiger partial charge < -0.3 is 19.7 Å². The van der Waals surface area contributed by atoms with Crippen LogP contribution in [0.15, 0.2) is 12.2 Å². The molecule has 0 radical (unpaired) electrons. The summed E-state index contributed by atoms with van der Waals surface area (Å²) >= 11 is 0. The van der Waals surface area contributed by atoms with Gasteiger partial charge in [0.05, 0.1) is 24.3 Å². The summed E-state index contributed by atoms with van der Waals surface area (Å²) < 4.78 is 12.6. The summed E-state index contributed by atoms with van der Waals surface area (Å²) in [6.45, 7) is 13.1. The molecule has 7 heteroatoms. The Labute approximate surface area is 334 Å². The van der Waals surface area contributed by atoms with E-state index in [1.165, 1.54) is 148 Å². The van der Waals surface area contributed by atoms with Crippen molar-refractivity contribution >= 4 is 11.9 Å². The minimum Gasteiger partial charge on any atom is -0.462 e. The van der Waals surface area contributed by atoms with Crippen LogP contribution in [0.3, 0.4) is 0 Å². The van der Waals surface area contributed by atoms with E-state index in [1.54, 1.807) is 0 Å². The average molecular weight is 760 g/mol. The number of carbonyl (C=O) groups excluding carboxylic acids is 2. The number of likely N-dealkylation sites (N-methyl/N-ethyl adjacent to an activating group) is 1. The Hall–Kier alpha value is -1.44. The van der Waals surface area contributed by atoms with E-state index >= 15 is 0 Å². The number of nitrogens with zero attached hydrogens (tertiary/aromatic N) is 2. The first-order chi connectivity index (χ1) is 26.2. The highest BCUT2D eigenvalue weighted by atomic mass is 16.5. The topological polar surface area (TPSA) is 71.1 Å². The normalized spacial score (nSPS) is 19.8. The molecule has 2 saturated heterocycles. The molecule has 1 amide bonds. The Morgan fingerprint density at radius 2 is 1.19 bits per heavy atom. The van der Waals surface area contributed by atoms with Crippen molar-refractivity contribution in [1.82, 2.24) is 15.1 Å². The van der Waals surface area contributed by atoms with E-state index < -0.39 is 0 Å². The molecule has 2 fully saturated rings. The summed E-state index contributed by atoms with van der Waals surface area (Å²) in [5, 5.41) is 3.32. The molecule has 0 spiro atoms. The summed E-state index contributed by atoms with van der Waals surface area (Å²) in [6, 6.07) is -0.318. The van der Waals surface area contributed by atoms with Gasteiger partial charge in [0.1, 0.15) is 6.61 Å². The van der Waals surface area contributed by atoms with Gasteiger partial charge in [-0.3, -0.25) is 14.5 Å². The van der Waals surface area contributed by atoms with Crippen molar-refractivity contribution in [3.8, 4) is 0 Å². The van der Waals surface area contributed by atoms with E-state index in [9.17, 15) is 9.59 Å². The molecule has 0 unspecified atom stereocenters. The molecular formula is C47H89N3O4. The highest BCUT2D eigenvalue weighted by molar-refractivity contribution is 5.76. The Morgan fingerprint density at radius 1 is 0.704 bits per heavy atom. The lowest BCUT2D eigenvalue weighted by molar-refractivity contribution is -0.149. The monoisotopic (exact) mass is 760 g/mol. The molecule has 0 aromatic heterocycles. The fourth-order valence-electron chi connectivity index (χ4n) is 8.46. The third kappa shape index (κ3) is 24.9.